The minimum Gasteiger partial charge on any atom is -0.366 e. The van der Waals surface area contributed by atoms with Crippen molar-refractivity contribution >= 4 is 17.5 Å². The third kappa shape index (κ3) is 6.26. The van der Waals surface area contributed by atoms with E-state index in [0.717, 1.165) is 36.8 Å². The van der Waals surface area contributed by atoms with E-state index in [-0.39, 0.29) is 11.5 Å². The van der Waals surface area contributed by atoms with Crippen LogP contribution in [0.3, 0.4) is 0 Å². The first-order valence-corrected chi connectivity index (χ1v) is 12.8. The predicted molar refractivity (Wildman–Crippen MR) is 143 cm³/mol. The molecule has 10 heteroatoms. The van der Waals surface area contributed by atoms with Crippen molar-refractivity contribution in [3.63, 3.8) is 0 Å². The largest absolute Gasteiger partial charge is 0.416 e. The summed E-state index contributed by atoms with van der Waals surface area (Å²) in [7, 11) is 0. The third-order valence-corrected chi connectivity index (χ3v) is 7.16. The summed E-state index contributed by atoms with van der Waals surface area (Å²) >= 11 is 5.87. The third-order valence-electron chi connectivity index (χ3n) is 6.97. The summed E-state index contributed by atoms with van der Waals surface area (Å²) in [6, 6.07) is 14.7. The summed E-state index contributed by atoms with van der Waals surface area (Å²) in [4.78, 5) is 26.8. The minimum atomic E-state index is -4.46. The predicted octanol–water partition coefficient (Wildman–Crippen LogP) is 6.36. The number of hydrogen-bond acceptors (Lipinski definition) is 5. The number of nitrogens with zero attached hydrogens (tertiary/aromatic N) is 4. The molecule has 0 aliphatic carbocycles. The molecule has 2 N–H and O–H groups in total. The van der Waals surface area contributed by atoms with Crippen LogP contribution in [0.4, 0.5) is 13.2 Å². The minimum absolute atomic E-state index is 0.0815. The Balaban J connectivity index is 1.32. The van der Waals surface area contributed by atoms with Crippen LogP contribution < -0.4 is 5.73 Å². The number of piperidine rings is 1. The highest BCUT2D eigenvalue weighted by Gasteiger charge is 2.33. The van der Waals surface area contributed by atoms with Crippen molar-refractivity contribution in [1.29, 1.82) is 0 Å². The van der Waals surface area contributed by atoms with Gasteiger partial charge in [0.05, 0.1) is 16.3 Å². The van der Waals surface area contributed by atoms with Crippen LogP contribution in [0.25, 0.3) is 22.6 Å². The number of carbonyl (C=O) groups is 1. The van der Waals surface area contributed by atoms with Crippen molar-refractivity contribution in [2.75, 3.05) is 13.1 Å². The molecule has 39 heavy (non-hydrogen) atoms. The molecule has 0 spiro atoms. The van der Waals surface area contributed by atoms with E-state index in [1.165, 1.54) is 30.5 Å². The fourth-order valence-electron chi connectivity index (χ4n) is 4.92. The molecule has 1 fully saturated rings. The first kappa shape index (κ1) is 26.8. The van der Waals surface area contributed by atoms with Gasteiger partial charge in [0.2, 0.25) is 5.91 Å². The molecule has 0 unspecified atom stereocenters. The van der Waals surface area contributed by atoms with Crippen molar-refractivity contribution in [3.8, 4) is 22.6 Å². The van der Waals surface area contributed by atoms with Gasteiger partial charge in [-0.2, -0.15) is 13.2 Å². The number of amides is 1. The number of likely N-dealkylation sites (tertiary alicyclic amines) is 1. The summed E-state index contributed by atoms with van der Waals surface area (Å²) in [5.74, 6) is -0.101. The van der Waals surface area contributed by atoms with E-state index in [0.29, 0.717) is 40.5 Å². The Morgan fingerprint density at radius 2 is 1.67 bits per heavy atom. The molecule has 2 aromatic carbocycles. The molecule has 1 aliphatic heterocycles. The van der Waals surface area contributed by atoms with Crippen molar-refractivity contribution in [1.82, 2.24) is 19.9 Å². The van der Waals surface area contributed by atoms with Crippen LogP contribution >= 0.6 is 11.6 Å². The molecule has 4 aromatic rings. The summed E-state index contributed by atoms with van der Waals surface area (Å²) in [5, 5.41) is 0.478. The van der Waals surface area contributed by atoms with Gasteiger partial charge in [0.15, 0.2) is 5.82 Å². The maximum absolute atomic E-state index is 13.6. The lowest BCUT2D eigenvalue weighted by Crippen LogP contribution is -2.32. The number of hydrogen-bond donors (Lipinski definition) is 1. The van der Waals surface area contributed by atoms with Gasteiger partial charge in [-0.05, 0) is 67.2 Å². The van der Waals surface area contributed by atoms with E-state index in [4.69, 9.17) is 17.3 Å². The van der Waals surface area contributed by atoms with Gasteiger partial charge in [0.25, 0.3) is 0 Å². The number of halogens is 4. The van der Waals surface area contributed by atoms with Gasteiger partial charge in [0.1, 0.15) is 0 Å². The molecule has 200 valence electrons. The van der Waals surface area contributed by atoms with Gasteiger partial charge in [0, 0.05) is 41.8 Å². The Morgan fingerprint density at radius 1 is 0.974 bits per heavy atom. The first-order valence-electron chi connectivity index (χ1n) is 12.4. The maximum Gasteiger partial charge on any atom is 0.416 e. The smallest absolute Gasteiger partial charge is 0.366 e. The number of primary amides is 1. The van der Waals surface area contributed by atoms with E-state index in [2.05, 4.69) is 19.9 Å². The van der Waals surface area contributed by atoms with Crippen LogP contribution in [-0.2, 0) is 12.7 Å². The molecule has 5 rings (SSSR count). The van der Waals surface area contributed by atoms with Crippen molar-refractivity contribution in [3.05, 3.63) is 100 Å². The van der Waals surface area contributed by atoms with Gasteiger partial charge in [-0.1, -0.05) is 41.9 Å². The van der Waals surface area contributed by atoms with Crippen molar-refractivity contribution in [2.24, 2.45) is 5.73 Å². The monoisotopic (exact) mass is 551 g/mol. The van der Waals surface area contributed by atoms with Gasteiger partial charge < -0.3 is 5.73 Å². The zero-order valence-corrected chi connectivity index (χ0v) is 21.6. The van der Waals surface area contributed by atoms with Gasteiger partial charge >= 0.3 is 6.18 Å². The van der Waals surface area contributed by atoms with Crippen molar-refractivity contribution < 1.29 is 18.0 Å². The fourth-order valence-corrected chi connectivity index (χ4v) is 5.02. The molecule has 0 bridgehead atoms. The molecule has 1 amide bonds. The van der Waals surface area contributed by atoms with Crippen LogP contribution in [0.2, 0.25) is 5.02 Å². The van der Waals surface area contributed by atoms with E-state index in [9.17, 15) is 18.0 Å². The highest BCUT2D eigenvalue weighted by Crippen LogP contribution is 2.39. The molecule has 1 saturated heterocycles. The summed E-state index contributed by atoms with van der Waals surface area (Å²) in [5.41, 5.74) is 8.60. The lowest BCUT2D eigenvalue weighted by molar-refractivity contribution is -0.137. The first-order chi connectivity index (χ1) is 18.7. The standard InChI is InChI=1S/C29H25ClF3N5O/c30-23-15-36-28(37-16-23)20-3-1-18(2-4-20)17-38-11-8-19(9-12-38)25-14-22(29(31,32)33)5-6-24(25)26-13-21(27(34)39)7-10-35-26/h1-7,10,13-16,19H,8-9,11-12,17H2,(H2,34,39). The molecule has 1 aliphatic rings. The Hall–Kier alpha value is -3.82. The normalized spacial score (nSPS) is 14.9. The summed E-state index contributed by atoms with van der Waals surface area (Å²) in [6.45, 7) is 2.19. The van der Waals surface area contributed by atoms with Gasteiger partial charge in [-0.25, -0.2) is 9.97 Å². The van der Waals surface area contributed by atoms with Gasteiger partial charge in [-0.3, -0.25) is 14.7 Å². The molecule has 3 heterocycles. The fraction of sp³-hybridized carbons (Fsp3) is 0.241. The molecule has 0 saturated carbocycles. The zero-order chi connectivity index (χ0) is 27.6. The van der Waals surface area contributed by atoms with Crippen LogP contribution in [-0.4, -0.2) is 38.8 Å². The quantitative estimate of drug-likeness (QED) is 0.301. The number of rotatable bonds is 6. The molecule has 0 radical (unpaired) electrons. The van der Waals surface area contributed by atoms with Crippen LogP contribution in [0.1, 0.15) is 45.8 Å². The highest BCUT2D eigenvalue weighted by atomic mass is 35.5. The Bertz CT molecular complexity index is 1470. The molecule has 0 atom stereocenters. The average molecular weight is 552 g/mol. The van der Waals surface area contributed by atoms with Crippen molar-refractivity contribution in [2.45, 2.75) is 31.5 Å². The SMILES string of the molecule is NC(=O)c1ccnc(-c2ccc(C(F)(F)F)cc2C2CCN(Cc3ccc(-c4ncc(Cl)cn4)cc3)CC2)c1. The van der Waals surface area contributed by atoms with E-state index in [1.807, 2.05) is 24.3 Å². The lowest BCUT2D eigenvalue weighted by Gasteiger charge is -2.33. The molecular weight excluding hydrogens is 527 g/mol. The highest BCUT2D eigenvalue weighted by molar-refractivity contribution is 6.30. The molecule has 6 nitrogen and oxygen atoms in total. The van der Waals surface area contributed by atoms with E-state index >= 15 is 0 Å². The van der Waals surface area contributed by atoms with E-state index < -0.39 is 17.6 Å². The second kappa shape index (κ2) is 11.1. The number of pyridine rings is 1. The molecular formula is C29H25ClF3N5O. The van der Waals surface area contributed by atoms with Crippen LogP contribution in [0.15, 0.2) is 73.2 Å². The number of benzene rings is 2. The Morgan fingerprint density at radius 3 is 2.31 bits per heavy atom. The summed E-state index contributed by atoms with van der Waals surface area (Å²) in [6.07, 6.45) is 1.50. The number of carbonyl (C=O) groups excluding carboxylic acids is 1. The number of aromatic nitrogens is 3. The van der Waals surface area contributed by atoms with E-state index in [1.54, 1.807) is 12.4 Å². The second-order valence-electron chi connectivity index (χ2n) is 9.57. The van der Waals surface area contributed by atoms with Crippen LogP contribution in [0.5, 0.6) is 0 Å². The summed E-state index contributed by atoms with van der Waals surface area (Å²) < 4.78 is 40.8. The molecule has 2 aromatic heterocycles. The van der Waals surface area contributed by atoms with Crippen LogP contribution in [0, 0.1) is 0 Å². The maximum atomic E-state index is 13.6. The Labute approximate surface area is 228 Å². The topological polar surface area (TPSA) is 85.0 Å². The van der Waals surface area contributed by atoms with Gasteiger partial charge in [-0.15, -0.1) is 0 Å². The lowest BCUT2D eigenvalue weighted by atomic mass is 9.84. The zero-order valence-electron chi connectivity index (χ0n) is 20.8. The average Bonchev–Trinajstić information content (AvgIpc) is 2.94. The second-order valence-corrected chi connectivity index (χ2v) is 10.0. The number of alkyl halides is 3. The number of nitrogens with two attached hydrogens (primary N) is 1. The Kier molecular flexibility index (Phi) is 7.63.